The highest BCUT2D eigenvalue weighted by molar-refractivity contribution is 6.09. The van der Waals surface area contributed by atoms with Crippen LogP contribution in [0.1, 0.15) is 37.8 Å². The van der Waals surface area contributed by atoms with Crippen LogP contribution in [-0.4, -0.2) is 31.4 Å². The molecule has 2 aromatic carbocycles. The van der Waals surface area contributed by atoms with Gasteiger partial charge in [0.1, 0.15) is 6.42 Å². The summed E-state index contributed by atoms with van der Waals surface area (Å²) in [6.45, 7) is 8.77. The van der Waals surface area contributed by atoms with Gasteiger partial charge in [-0.25, -0.2) is 0 Å². The lowest BCUT2D eigenvalue weighted by atomic mass is 10.0. The van der Waals surface area contributed by atoms with Crippen LogP contribution in [0.15, 0.2) is 42.5 Å². The fraction of sp³-hybridized carbons (Fsp3) is 0.391. The van der Waals surface area contributed by atoms with Gasteiger partial charge < -0.3 is 15.1 Å². The van der Waals surface area contributed by atoms with E-state index in [1.54, 1.807) is 4.90 Å². The highest BCUT2D eigenvalue weighted by Gasteiger charge is 2.24. The lowest BCUT2D eigenvalue weighted by Crippen LogP contribution is -2.37. The summed E-state index contributed by atoms with van der Waals surface area (Å²) in [6, 6.07) is 13.9. The fourth-order valence-electron chi connectivity index (χ4n) is 3.79. The van der Waals surface area contributed by atoms with E-state index in [-0.39, 0.29) is 18.2 Å². The topological polar surface area (TPSA) is 52.7 Å². The van der Waals surface area contributed by atoms with Crippen LogP contribution in [0.25, 0.3) is 0 Å². The third kappa shape index (κ3) is 4.35. The number of hydrogen-bond acceptors (Lipinski definition) is 3. The van der Waals surface area contributed by atoms with Gasteiger partial charge in [0.25, 0.3) is 0 Å². The molecule has 0 saturated heterocycles. The van der Waals surface area contributed by atoms with Crippen molar-refractivity contribution >= 4 is 28.9 Å². The number of nitrogens with zero attached hydrogens (tertiary/aromatic N) is 2. The first-order valence-corrected chi connectivity index (χ1v) is 10.1. The van der Waals surface area contributed by atoms with Gasteiger partial charge in [-0.15, -0.1) is 0 Å². The van der Waals surface area contributed by atoms with Gasteiger partial charge in [0.2, 0.25) is 11.8 Å². The Morgan fingerprint density at radius 2 is 1.86 bits per heavy atom. The van der Waals surface area contributed by atoms with Crippen LogP contribution in [0.3, 0.4) is 0 Å². The van der Waals surface area contributed by atoms with E-state index < -0.39 is 0 Å². The summed E-state index contributed by atoms with van der Waals surface area (Å²) < 4.78 is 0. The second-order valence-corrected chi connectivity index (χ2v) is 7.17. The van der Waals surface area contributed by atoms with E-state index in [1.807, 2.05) is 37.3 Å². The number of rotatable bonds is 6. The van der Waals surface area contributed by atoms with Crippen LogP contribution in [0.5, 0.6) is 0 Å². The molecule has 0 atom stereocenters. The van der Waals surface area contributed by atoms with Crippen LogP contribution >= 0.6 is 0 Å². The quantitative estimate of drug-likeness (QED) is 0.767. The molecule has 2 amide bonds. The first-order valence-electron chi connectivity index (χ1n) is 10.1. The van der Waals surface area contributed by atoms with Crippen LogP contribution in [0.2, 0.25) is 0 Å². The number of anilines is 3. The van der Waals surface area contributed by atoms with E-state index in [1.165, 1.54) is 5.56 Å². The molecular weight excluding hydrogens is 350 g/mol. The number of benzene rings is 2. The molecule has 0 spiro atoms. The zero-order valence-electron chi connectivity index (χ0n) is 17.0. The van der Waals surface area contributed by atoms with Crippen molar-refractivity contribution in [2.75, 3.05) is 34.8 Å². The first-order chi connectivity index (χ1) is 13.5. The van der Waals surface area contributed by atoms with Crippen LogP contribution in [-0.2, 0) is 16.0 Å². The Kier molecular flexibility index (Phi) is 6.34. The highest BCUT2D eigenvalue weighted by atomic mass is 16.2. The van der Waals surface area contributed by atoms with Crippen molar-refractivity contribution in [3.05, 3.63) is 53.6 Å². The van der Waals surface area contributed by atoms with E-state index in [0.717, 1.165) is 48.6 Å². The van der Waals surface area contributed by atoms with Gasteiger partial charge in [-0.1, -0.05) is 18.2 Å². The molecule has 1 aliphatic heterocycles. The molecule has 28 heavy (non-hydrogen) atoms. The standard InChI is InChI=1S/C23H29N3O2/c1-4-25(5-2)19-12-13-20(17(3)15-19)24-22(27)16-23(28)26-14-8-10-18-9-6-7-11-21(18)26/h6-7,9,11-13,15H,4-5,8,10,14,16H2,1-3H3,(H,24,27). The number of hydrogen-bond donors (Lipinski definition) is 1. The normalized spacial score (nSPS) is 13.0. The third-order valence-electron chi connectivity index (χ3n) is 5.34. The van der Waals surface area contributed by atoms with E-state index in [2.05, 4.69) is 36.2 Å². The summed E-state index contributed by atoms with van der Waals surface area (Å²) in [5.41, 5.74) is 5.00. The van der Waals surface area contributed by atoms with Gasteiger partial charge in [-0.05, 0) is 69.0 Å². The minimum atomic E-state index is -0.272. The first kappa shape index (κ1) is 19.9. The van der Waals surface area contributed by atoms with Gasteiger partial charge in [0.05, 0.1) is 0 Å². The number of aryl methyl sites for hydroxylation is 2. The zero-order valence-corrected chi connectivity index (χ0v) is 17.0. The molecular formula is C23H29N3O2. The molecule has 0 saturated carbocycles. The second-order valence-electron chi connectivity index (χ2n) is 7.17. The van der Waals surface area contributed by atoms with Gasteiger partial charge in [-0.3, -0.25) is 9.59 Å². The average Bonchev–Trinajstić information content (AvgIpc) is 2.70. The summed E-state index contributed by atoms with van der Waals surface area (Å²) in [7, 11) is 0. The molecule has 0 fully saturated rings. The maximum Gasteiger partial charge on any atom is 0.236 e. The van der Waals surface area contributed by atoms with Gasteiger partial charge in [-0.2, -0.15) is 0 Å². The van der Waals surface area contributed by atoms with Gasteiger partial charge >= 0.3 is 0 Å². The summed E-state index contributed by atoms with van der Waals surface area (Å²) in [4.78, 5) is 29.2. The highest BCUT2D eigenvalue weighted by Crippen LogP contribution is 2.27. The van der Waals surface area contributed by atoms with E-state index in [4.69, 9.17) is 0 Å². The molecule has 0 radical (unpaired) electrons. The van der Waals surface area contributed by atoms with Crippen molar-refractivity contribution in [3.8, 4) is 0 Å². The molecule has 2 aromatic rings. The van der Waals surface area contributed by atoms with Crippen molar-refractivity contribution in [3.63, 3.8) is 0 Å². The summed E-state index contributed by atoms with van der Waals surface area (Å²) in [5, 5.41) is 2.90. The molecule has 1 heterocycles. The maximum atomic E-state index is 12.7. The predicted octanol–water partition coefficient (Wildman–Crippen LogP) is 4.15. The fourth-order valence-corrected chi connectivity index (χ4v) is 3.79. The Morgan fingerprint density at radius 1 is 1.11 bits per heavy atom. The SMILES string of the molecule is CCN(CC)c1ccc(NC(=O)CC(=O)N2CCCc3ccccc32)c(C)c1. The maximum absolute atomic E-state index is 12.7. The lowest BCUT2D eigenvalue weighted by molar-refractivity contribution is -0.125. The van der Waals surface area contributed by atoms with Crippen molar-refractivity contribution in [1.29, 1.82) is 0 Å². The summed E-state index contributed by atoms with van der Waals surface area (Å²) in [5.74, 6) is -0.422. The summed E-state index contributed by atoms with van der Waals surface area (Å²) in [6.07, 6.45) is 1.76. The molecule has 148 valence electrons. The molecule has 3 rings (SSSR count). The molecule has 1 aliphatic rings. The van der Waals surface area contributed by atoms with Crippen molar-refractivity contribution in [1.82, 2.24) is 0 Å². The third-order valence-corrected chi connectivity index (χ3v) is 5.34. The molecule has 1 N–H and O–H groups in total. The minimum Gasteiger partial charge on any atom is -0.372 e. The molecule has 5 nitrogen and oxygen atoms in total. The molecule has 5 heteroatoms. The molecule has 0 aromatic heterocycles. The number of amides is 2. The van der Waals surface area contributed by atoms with Gasteiger partial charge in [0.15, 0.2) is 0 Å². The minimum absolute atomic E-state index is 0.147. The van der Waals surface area contributed by atoms with E-state index in [0.29, 0.717) is 6.54 Å². The van der Waals surface area contributed by atoms with Crippen LogP contribution in [0, 0.1) is 6.92 Å². The average molecular weight is 380 g/mol. The number of carbonyl (C=O) groups excluding carboxylic acids is 2. The number of carbonyl (C=O) groups is 2. The Hall–Kier alpha value is -2.82. The molecule has 0 bridgehead atoms. The molecule has 0 aliphatic carbocycles. The van der Waals surface area contributed by atoms with Gasteiger partial charge in [0, 0.05) is 36.7 Å². The Morgan fingerprint density at radius 3 is 2.57 bits per heavy atom. The number of para-hydroxylation sites is 1. The van der Waals surface area contributed by atoms with Crippen molar-refractivity contribution < 1.29 is 9.59 Å². The van der Waals surface area contributed by atoms with Crippen LogP contribution in [0.4, 0.5) is 17.1 Å². The monoisotopic (exact) mass is 379 g/mol. The smallest absolute Gasteiger partial charge is 0.236 e. The summed E-state index contributed by atoms with van der Waals surface area (Å²) >= 11 is 0. The number of fused-ring (bicyclic) bond motifs is 1. The Labute approximate surface area is 167 Å². The van der Waals surface area contributed by atoms with E-state index >= 15 is 0 Å². The zero-order chi connectivity index (χ0) is 20.1. The van der Waals surface area contributed by atoms with Crippen molar-refractivity contribution in [2.24, 2.45) is 0 Å². The van der Waals surface area contributed by atoms with E-state index in [9.17, 15) is 9.59 Å². The predicted molar refractivity (Wildman–Crippen MR) is 115 cm³/mol. The Bertz CT molecular complexity index is 859. The second kappa shape index (κ2) is 8.91. The Balaban J connectivity index is 1.65. The van der Waals surface area contributed by atoms with Crippen molar-refractivity contribution in [2.45, 2.75) is 40.0 Å². The van der Waals surface area contributed by atoms with Crippen LogP contribution < -0.4 is 15.1 Å². The number of nitrogens with one attached hydrogen (secondary N) is 1. The largest absolute Gasteiger partial charge is 0.372 e. The molecule has 0 unspecified atom stereocenters. The lowest BCUT2D eigenvalue weighted by Gasteiger charge is -2.29.